The Morgan fingerprint density at radius 3 is 1.90 bits per heavy atom. The molecule has 690 valence electrons. The lowest BCUT2D eigenvalue weighted by atomic mass is 9.73. The maximum absolute atomic E-state index is 15.8. The van der Waals surface area contributed by atoms with E-state index in [1.807, 2.05) is 0 Å². The molecule has 8 rings (SSSR count). The summed E-state index contributed by atoms with van der Waals surface area (Å²) in [6.07, 6.45) is -4.32. The Bertz CT molecular complexity index is 4330. The van der Waals surface area contributed by atoms with Crippen LogP contribution >= 0.6 is 0 Å². The van der Waals surface area contributed by atoms with E-state index in [9.17, 15) is 45.5 Å². The van der Waals surface area contributed by atoms with Crippen molar-refractivity contribution in [1.82, 2.24) is 59.6 Å². The van der Waals surface area contributed by atoms with E-state index in [0.717, 1.165) is 35.1 Å². The third kappa shape index (κ3) is 24.9. The van der Waals surface area contributed by atoms with Crippen molar-refractivity contribution in [3.05, 3.63) is 113 Å². The van der Waals surface area contributed by atoms with Crippen molar-refractivity contribution in [3.8, 4) is 5.75 Å². The summed E-state index contributed by atoms with van der Waals surface area (Å²) >= 11 is 0. The first-order chi connectivity index (χ1) is 58.8. The van der Waals surface area contributed by atoms with Gasteiger partial charge in [0.25, 0.3) is 0 Å². The predicted octanol–water partition coefficient (Wildman–Crippen LogP) is 9.24. The van der Waals surface area contributed by atoms with Gasteiger partial charge in [0.1, 0.15) is 84.4 Å². The molecule has 5 aliphatic rings. The molecule has 125 heavy (non-hydrogen) atoms. The second-order valence-corrected chi connectivity index (χ2v) is 34.8. The number of hydrogen-bond acceptors (Lipinski definition) is 17. The van der Waals surface area contributed by atoms with Gasteiger partial charge >= 0.3 is 24.4 Å². The van der Waals surface area contributed by atoms with Crippen molar-refractivity contribution in [1.29, 1.82) is 0 Å². The van der Waals surface area contributed by atoms with Gasteiger partial charge in [0.2, 0.25) is 65.0 Å². The number of esters is 1. The summed E-state index contributed by atoms with van der Waals surface area (Å²) in [6, 6.07) is 4.26. The number of amides is 12. The number of aryl methyl sites for hydroxylation is 1. The van der Waals surface area contributed by atoms with Crippen LogP contribution in [-0.2, 0) is 104 Å². The third-order valence-corrected chi connectivity index (χ3v) is 24.9. The van der Waals surface area contributed by atoms with E-state index < -0.39 is 203 Å². The molecule has 11 atom stereocenters. The molecule has 2 saturated heterocycles. The minimum absolute atomic E-state index is 0.0358. The number of methoxy groups -OCH3 is 1. The summed E-state index contributed by atoms with van der Waals surface area (Å²) < 4.78 is 105. The molecule has 29 nitrogen and oxygen atoms in total. The Morgan fingerprint density at radius 1 is 0.664 bits per heavy atom. The first-order valence-electron chi connectivity index (χ1n) is 43.2. The van der Waals surface area contributed by atoms with Crippen LogP contribution in [0.3, 0.4) is 0 Å². The van der Waals surface area contributed by atoms with Crippen molar-refractivity contribution >= 4 is 77.0 Å². The van der Waals surface area contributed by atoms with Gasteiger partial charge in [-0.2, -0.15) is 26.3 Å². The number of halogens is 6. The number of carbonyl (C=O) groups is 13. The lowest BCUT2D eigenvalue weighted by Crippen LogP contribution is -2.68. The zero-order valence-electron chi connectivity index (χ0n) is 74.9. The summed E-state index contributed by atoms with van der Waals surface area (Å²) in [5, 5.41) is 5.57. The zero-order valence-corrected chi connectivity index (χ0v) is 74.9. The maximum Gasteiger partial charge on any atom is 0.419 e. The van der Waals surface area contributed by atoms with Gasteiger partial charge < -0.3 is 78.6 Å². The van der Waals surface area contributed by atoms with Crippen LogP contribution in [0.1, 0.15) is 185 Å². The van der Waals surface area contributed by atoms with Crippen LogP contribution in [0.15, 0.2) is 84.9 Å². The summed E-state index contributed by atoms with van der Waals surface area (Å²) in [7, 11) is 12.4. The van der Waals surface area contributed by atoms with Crippen molar-refractivity contribution in [2.45, 2.75) is 261 Å². The fraction of sp³-hybridized carbons (Fsp3) is 0.633. The Hall–Kier alpha value is -10.4. The van der Waals surface area contributed by atoms with Gasteiger partial charge in [0.15, 0.2) is 0 Å². The molecule has 3 aliphatic heterocycles. The topological polar surface area (TPSA) is 315 Å². The number of nitrogens with one attached hydrogen (secondary N) is 2. The highest BCUT2D eigenvalue weighted by atomic mass is 19.4. The molecule has 2 saturated carbocycles. The molecule has 0 bridgehead atoms. The van der Waals surface area contributed by atoms with Crippen molar-refractivity contribution in [3.63, 3.8) is 0 Å². The first kappa shape index (κ1) is 100. The average molecular weight is 1760 g/mol. The van der Waals surface area contributed by atoms with E-state index in [0.29, 0.717) is 62.5 Å². The molecular formula is C90H126F6N12O17. The summed E-state index contributed by atoms with van der Waals surface area (Å²) in [5.41, 5.74) is -3.22. The molecule has 0 unspecified atom stereocenters. The third-order valence-electron chi connectivity index (χ3n) is 24.9. The second-order valence-electron chi connectivity index (χ2n) is 34.8. The molecule has 2 aliphatic carbocycles. The minimum atomic E-state index is -4.74. The quantitative estimate of drug-likeness (QED) is 0.0311. The van der Waals surface area contributed by atoms with Gasteiger partial charge in [-0.1, -0.05) is 107 Å². The highest BCUT2D eigenvalue weighted by Gasteiger charge is 2.57. The fourth-order valence-corrected chi connectivity index (χ4v) is 17.5. The lowest BCUT2D eigenvalue weighted by molar-refractivity contribution is -0.166. The van der Waals surface area contributed by atoms with Crippen molar-refractivity contribution in [2.75, 3.05) is 96.3 Å². The number of carbonyl (C=O) groups excluding carboxylic acids is 13. The zero-order chi connectivity index (χ0) is 92.5. The van der Waals surface area contributed by atoms with Gasteiger partial charge in [-0.3, -0.25) is 57.5 Å². The standard InChI is InChI=1S/C90H126F6N12O17/c1-17-30-65(76(111)98-74(56(4)18-2)83(118)106-48-28-36-67(106)80(115)102(12)66-35-24-21-27-47-107(82(66)117)69(49-57-37-41-61(42-38-57)89(91,92)93)79(114)100(10)54-73(110)125-87(5,6)7)101(11)72(109)52-68(78(113)99(8)9)103(13)84(119)75(60-33-25-26-34-60)104(14)85(120)88(45-29-46-88)105(15)81(116)70-51-62(123-19-3)53-108(70)77(112)64(97-86(121)124-55-59-31-22-20-23-32-59)44-40-58-39-43-63(90(94,95)96)71(50-58)122-16/h20-24,31-32,37-39,41-43,50,56,60,62,64-70,74-75H,17-19,25-30,33-36,40,44-49,51-55H2,1-16H3,(H,97,121)(H,98,111)/b24-21-/t56-,62+,64-,65-,66-,67-,68-,69-,70-,74-,75-/m0/s1. The van der Waals surface area contributed by atoms with Crippen molar-refractivity contribution < 1.29 is 108 Å². The van der Waals surface area contributed by atoms with Gasteiger partial charge in [-0.05, 0) is 158 Å². The normalized spacial score (nSPS) is 19.9. The first-order valence-corrected chi connectivity index (χ1v) is 43.2. The molecule has 0 aromatic heterocycles. The molecule has 2 N–H and O–H groups in total. The van der Waals surface area contributed by atoms with Crippen LogP contribution < -0.4 is 15.4 Å². The molecular weight excluding hydrogens is 1640 g/mol. The summed E-state index contributed by atoms with van der Waals surface area (Å²) in [4.78, 5) is 207. The van der Waals surface area contributed by atoms with E-state index in [1.54, 1.807) is 91.0 Å². The molecule has 3 aromatic carbocycles. The summed E-state index contributed by atoms with van der Waals surface area (Å²) in [6.45, 7) is 11.3. The Morgan fingerprint density at radius 2 is 1.32 bits per heavy atom. The predicted molar refractivity (Wildman–Crippen MR) is 450 cm³/mol. The van der Waals surface area contributed by atoms with Gasteiger partial charge in [0.05, 0.1) is 30.8 Å². The fourth-order valence-electron chi connectivity index (χ4n) is 17.5. The van der Waals surface area contributed by atoms with E-state index in [1.165, 1.54) is 120 Å². The van der Waals surface area contributed by atoms with E-state index >= 15 is 43.2 Å². The molecule has 3 heterocycles. The minimum Gasteiger partial charge on any atom is -0.496 e. The number of ether oxygens (including phenoxy) is 4. The molecule has 12 amide bonds. The number of likely N-dealkylation sites (tertiary alicyclic amines) is 2. The number of rotatable bonds is 36. The summed E-state index contributed by atoms with van der Waals surface area (Å²) in [5.74, 6) is -9.78. The van der Waals surface area contributed by atoms with Gasteiger partial charge in [-0.15, -0.1) is 0 Å². The van der Waals surface area contributed by atoms with E-state index in [2.05, 4.69) is 10.6 Å². The molecule has 35 heteroatoms. The monoisotopic (exact) mass is 1760 g/mol. The lowest BCUT2D eigenvalue weighted by Gasteiger charge is -2.51. The number of likely N-dealkylation sites (N-methyl/N-ethyl adjacent to an activating group) is 7. The number of benzene rings is 3. The van der Waals surface area contributed by atoms with Gasteiger partial charge in [0, 0.05) is 95.5 Å². The van der Waals surface area contributed by atoms with E-state index in [4.69, 9.17) is 18.9 Å². The van der Waals surface area contributed by atoms with E-state index in [-0.39, 0.29) is 103 Å². The largest absolute Gasteiger partial charge is 0.496 e. The van der Waals surface area contributed by atoms with Crippen molar-refractivity contribution in [2.24, 2.45) is 11.8 Å². The SMILES string of the molecule is CCC[C@@H](C(=O)N[C@H](C(=O)N1CCC[C@H]1C(=O)N(C)[C@H]1C/C=C\CCN([C@@H](Cc2ccc(C(F)(F)F)cc2)C(=O)N(C)CC(=O)OC(C)(C)C)C1=O)[C@@H](C)CC)N(C)C(=O)C[C@@H](C(=O)N(C)C)N(C)C(=O)[C@H](C1CCCC1)N(C)C(=O)C1(N(C)C(=O)[C@@H]2C[C@@H](OCC)CN2C(=O)[C@H](CCc2ccc(C(F)(F)F)c(OC)c2)NC(=O)OCc2ccccc2)CCC1. The molecule has 3 aromatic rings. The molecule has 0 radical (unpaired) electrons. The van der Waals surface area contributed by atoms with Crippen LogP contribution in [0.25, 0.3) is 0 Å². The van der Waals surface area contributed by atoms with Crippen LogP contribution in [0, 0.1) is 11.8 Å². The Balaban J connectivity index is 0.992. The Kier molecular flexibility index (Phi) is 35.0. The van der Waals surface area contributed by atoms with Gasteiger partial charge in [-0.25, -0.2) is 4.79 Å². The number of hydrogen-bond donors (Lipinski definition) is 2. The smallest absolute Gasteiger partial charge is 0.419 e. The molecule has 4 fully saturated rings. The number of nitrogens with zero attached hydrogens (tertiary/aromatic N) is 10. The number of alkyl carbamates (subject to hydrolysis) is 1. The highest BCUT2D eigenvalue weighted by Crippen LogP contribution is 2.43. The molecule has 0 spiro atoms. The maximum atomic E-state index is 15.8. The Labute approximate surface area is 728 Å². The van der Waals surface area contributed by atoms with Crippen LogP contribution in [-0.4, -0.2) is 294 Å². The second kappa shape index (κ2) is 43.7. The number of alkyl halides is 6. The van der Waals surface area contributed by atoms with Crippen LogP contribution in [0.5, 0.6) is 5.75 Å². The highest BCUT2D eigenvalue weighted by molar-refractivity contribution is 6.01. The average Bonchev–Trinajstić information content (AvgIpc) is 1.70. The van der Waals surface area contributed by atoms with Crippen LogP contribution in [0.2, 0.25) is 0 Å². The van der Waals surface area contributed by atoms with Crippen LogP contribution in [0.4, 0.5) is 31.1 Å².